The number of benzene rings is 3. The summed E-state index contributed by atoms with van der Waals surface area (Å²) < 4.78 is 0. The predicted octanol–water partition coefficient (Wildman–Crippen LogP) is 5.40. The van der Waals surface area contributed by atoms with Crippen molar-refractivity contribution < 1.29 is 9.59 Å². The van der Waals surface area contributed by atoms with Gasteiger partial charge in [0.05, 0.1) is 5.70 Å². The molecule has 0 aliphatic carbocycles. The van der Waals surface area contributed by atoms with Crippen molar-refractivity contribution in [3.05, 3.63) is 113 Å². The monoisotopic (exact) mass is 361 g/mol. The summed E-state index contributed by atoms with van der Waals surface area (Å²) in [5, 5.41) is 3.63. The fraction of sp³-hybridized carbons (Fsp3) is 0. The van der Waals surface area contributed by atoms with E-state index in [1.165, 1.54) is 6.08 Å². The third-order valence-electron chi connectivity index (χ3n) is 3.74. The van der Waals surface area contributed by atoms with Gasteiger partial charge in [-0.3, -0.25) is 9.59 Å². The van der Waals surface area contributed by atoms with Crippen LogP contribution in [0.5, 0.6) is 0 Å². The number of hydrogen-bond donors (Lipinski definition) is 1. The Bertz CT molecular complexity index is 933. The van der Waals surface area contributed by atoms with Crippen LogP contribution >= 0.6 is 11.6 Å². The number of anilines is 1. The molecule has 0 saturated heterocycles. The highest BCUT2D eigenvalue weighted by molar-refractivity contribution is 6.30. The first-order chi connectivity index (χ1) is 12.6. The van der Waals surface area contributed by atoms with Gasteiger partial charge in [-0.1, -0.05) is 72.3 Å². The lowest BCUT2D eigenvalue weighted by atomic mass is 10.0. The lowest BCUT2D eigenvalue weighted by Gasteiger charge is -2.11. The van der Waals surface area contributed by atoms with Gasteiger partial charge in [-0.05, 0) is 24.3 Å². The molecule has 0 spiro atoms. The smallest absolute Gasteiger partial charge is 0.209 e. The Hall–Kier alpha value is -3.17. The van der Waals surface area contributed by atoms with Gasteiger partial charge in [0.1, 0.15) is 0 Å². The molecule has 0 amide bonds. The first-order valence-corrected chi connectivity index (χ1v) is 8.45. The number of halogens is 1. The van der Waals surface area contributed by atoms with Crippen molar-refractivity contribution in [3.63, 3.8) is 0 Å². The summed E-state index contributed by atoms with van der Waals surface area (Å²) in [5.74, 6) is -0.504. The van der Waals surface area contributed by atoms with E-state index in [9.17, 15) is 9.59 Å². The largest absolute Gasteiger partial charge is 0.352 e. The average molecular weight is 362 g/mol. The van der Waals surface area contributed by atoms with Crippen LogP contribution in [0, 0.1) is 0 Å². The van der Waals surface area contributed by atoms with E-state index in [2.05, 4.69) is 5.32 Å². The first-order valence-electron chi connectivity index (χ1n) is 8.07. The zero-order valence-corrected chi connectivity index (χ0v) is 14.6. The maximum Gasteiger partial charge on any atom is 0.209 e. The van der Waals surface area contributed by atoms with Gasteiger partial charge in [0.25, 0.3) is 0 Å². The minimum atomic E-state index is -0.259. The van der Waals surface area contributed by atoms with Crippen LogP contribution in [0.3, 0.4) is 0 Å². The highest BCUT2D eigenvalue weighted by Gasteiger charge is 2.15. The normalized spacial score (nSPS) is 11.0. The molecule has 0 fully saturated rings. The Kier molecular flexibility index (Phi) is 5.62. The van der Waals surface area contributed by atoms with E-state index >= 15 is 0 Å². The number of nitrogens with one attached hydrogen (secondary N) is 1. The molecule has 0 saturated carbocycles. The first kappa shape index (κ1) is 17.6. The summed E-state index contributed by atoms with van der Waals surface area (Å²) >= 11 is 5.91. The van der Waals surface area contributed by atoms with Crippen LogP contribution in [0.15, 0.2) is 96.7 Å². The van der Waals surface area contributed by atoms with Crippen molar-refractivity contribution in [2.45, 2.75) is 0 Å². The van der Waals surface area contributed by atoms with Crippen LogP contribution in [0.2, 0.25) is 5.02 Å². The standard InChI is InChI=1S/C22H16ClNO2/c23-18-11-13-19(14-12-18)24-20(22(26)17-9-5-2-6-10-17)15-21(25)16-7-3-1-4-8-16/h1-15,24H. The van der Waals surface area contributed by atoms with E-state index in [1.807, 2.05) is 12.1 Å². The molecule has 0 aliphatic rings. The van der Waals surface area contributed by atoms with Gasteiger partial charge in [0, 0.05) is 27.9 Å². The molecule has 1 N–H and O–H groups in total. The Morgan fingerprint density at radius 3 is 1.85 bits per heavy atom. The summed E-state index contributed by atoms with van der Waals surface area (Å²) in [5.41, 5.74) is 1.89. The number of allylic oxidation sites excluding steroid dienone is 2. The Labute approximate surface area is 156 Å². The zero-order valence-electron chi connectivity index (χ0n) is 13.9. The molecule has 0 aromatic heterocycles. The third-order valence-corrected chi connectivity index (χ3v) is 3.99. The summed E-state index contributed by atoms with van der Waals surface area (Å²) in [7, 11) is 0. The quantitative estimate of drug-likeness (QED) is 0.472. The van der Waals surface area contributed by atoms with Crippen molar-refractivity contribution in [2.75, 3.05) is 5.32 Å². The van der Waals surface area contributed by atoms with Crippen molar-refractivity contribution in [1.82, 2.24) is 0 Å². The molecule has 4 heteroatoms. The van der Waals surface area contributed by atoms with Crippen molar-refractivity contribution in [2.24, 2.45) is 0 Å². The minimum absolute atomic E-state index is 0.201. The van der Waals surface area contributed by atoms with Gasteiger partial charge in [0.2, 0.25) is 5.78 Å². The van der Waals surface area contributed by atoms with Crippen molar-refractivity contribution in [3.8, 4) is 0 Å². The molecule has 0 aliphatic heterocycles. The van der Waals surface area contributed by atoms with E-state index in [1.54, 1.807) is 72.8 Å². The molecule has 26 heavy (non-hydrogen) atoms. The van der Waals surface area contributed by atoms with Gasteiger partial charge in [-0.2, -0.15) is 0 Å². The Balaban J connectivity index is 1.95. The Morgan fingerprint density at radius 1 is 0.731 bits per heavy atom. The molecule has 3 aromatic carbocycles. The van der Waals surface area contributed by atoms with Gasteiger partial charge in [0.15, 0.2) is 5.78 Å². The molecular formula is C22H16ClNO2. The molecule has 0 atom stereocenters. The highest BCUT2D eigenvalue weighted by atomic mass is 35.5. The number of hydrogen-bond acceptors (Lipinski definition) is 3. The maximum atomic E-state index is 12.9. The van der Waals surface area contributed by atoms with Gasteiger partial charge in [-0.15, -0.1) is 0 Å². The summed E-state index contributed by atoms with van der Waals surface area (Å²) in [6.45, 7) is 0. The predicted molar refractivity (Wildman–Crippen MR) is 105 cm³/mol. The van der Waals surface area contributed by atoms with Crippen molar-refractivity contribution in [1.29, 1.82) is 0 Å². The molecule has 3 aromatic rings. The SMILES string of the molecule is O=C(C=C(Nc1ccc(Cl)cc1)C(=O)c1ccccc1)c1ccccc1. The molecule has 3 rings (SSSR count). The van der Waals surface area contributed by atoms with E-state index < -0.39 is 0 Å². The topological polar surface area (TPSA) is 46.2 Å². The van der Waals surface area contributed by atoms with Crippen LogP contribution in [-0.2, 0) is 0 Å². The molecule has 0 radical (unpaired) electrons. The number of carbonyl (C=O) groups excluding carboxylic acids is 2. The van der Waals surface area contributed by atoms with E-state index in [-0.39, 0.29) is 17.3 Å². The van der Waals surface area contributed by atoms with Crippen LogP contribution < -0.4 is 5.32 Å². The van der Waals surface area contributed by atoms with Crippen LogP contribution in [0.25, 0.3) is 0 Å². The molecule has 0 unspecified atom stereocenters. The molecular weight excluding hydrogens is 346 g/mol. The fourth-order valence-electron chi connectivity index (χ4n) is 2.41. The van der Waals surface area contributed by atoms with Crippen LogP contribution in [0.4, 0.5) is 5.69 Å². The van der Waals surface area contributed by atoms with Crippen LogP contribution in [-0.4, -0.2) is 11.6 Å². The highest BCUT2D eigenvalue weighted by Crippen LogP contribution is 2.18. The summed E-state index contributed by atoms with van der Waals surface area (Å²) in [4.78, 5) is 25.4. The van der Waals surface area contributed by atoms with Gasteiger partial charge in [-0.25, -0.2) is 0 Å². The Morgan fingerprint density at radius 2 is 1.27 bits per heavy atom. The second kappa shape index (κ2) is 8.28. The number of rotatable bonds is 6. The molecule has 0 bridgehead atoms. The lowest BCUT2D eigenvalue weighted by molar-refractivity contribution is 0.101. The number of carbonyl (C=O) groups is 2. The second-order valence-electron chi connectivity index (χ2n) is 5.62. The van der Waals surface area contributed by atoms with Crippen LogP contribution in [0.1, 0.15) is 20.7 Å². The summed E-state index contributed by atoms with van der Waals surface area (Å²) in [6.07, 6.45) is 1.33. The van der Waals surface area contributed by atoms with Gasteiger partial charge >= 0.3 is 0 Å². The minimum Gasteiger partial charge on any atom is -0.352 e. The number of Topliss-reactive ketones (excluding diaryl/α,β-unsaturated/α-hetero) is 1. The van der Waals surface area contributed by atoms with Gasteiger partial charge < -0.3 is 5.32 Å². The van der Waals surface area contributed by atoms with E-state index in [0.29, 0.717) is 21.8 Å². The molecule has 3 nitrogen and oxygen atoms in total. The van der Waals surface area contributed by atoms with Crippen molar-refractivity contribution >= 4 is 28.9 Å². The fourth-order valence-corrected chi connectivity index (χ4v) is 2.53. The number of ketones is 2. The zero-order chi connectivity index (χ0) is 18.4. The lowest BCUT2D eigenvalue weighted by Crippen LogP contribution is -2.14. The van der Waals surface area contributed by atoms with E-state index in [0.717, 1.165) is 0 Å². The maximum absolute atomic E-state index is 12.9. The third kappa shape index (κ3) is 4.47. The van der Waals surface area contributed by atoms with E-state index in [4.69, 9.17) is 11.6 Å². The second-order valence-corrected chi connectivity index (χ2v) is 6.05. The average Bonchev–Trinajstić information content (AvgIpc) is 2.70. The molecule has 128 valence electrons. The summed E-state index contributed by atoms with van der Waals surface area (Å²) in [6, 6.07) is 24.6. The molecule has 0 heterocycles.